The van der Waals surface area contributed by atoms with Crippen molar-refractivity contribution in [2.45, 2.75) is 25.7 Å². The molecule has 0 fully saturated rings. The highest BCUT2D eigenvalue weighted by molar-refractivity contribution is 5.99. The third-order valence-corrected chi connectivity index (χ3v) is 3.69. The molecule has 0 aromatic heterocycles. The summed E-state index contributed by atoms with van der Waals surface area (Å²) in [6.45, 7) is 1.86. The van der Waals surface area contributed by atoms with E-state index in [0.29, 0.717) is 25.6 Å². The minimum Gasteiger partial charge on any atom is -0.382 e. The zero-order valence-electron chi connectivity index (χ0n) is 11.6. The lowest BCUT2D eigenvalue weighted by atomic mass is 9.93. The van der Waals surface area contributed by atoms with Crippen molar-refractivity contribution >= 4 is 5.78 Å². The predicted molar refractivity (Wildman–Crippen MR) is 74.5 cm³/mol. The Morgan fingerprint density at radius 2 is 2.05 bits per heavy atom. The summed E-state index contributed by atoms with van der Waals surface area (Å²) in [5, 5.41) is 0. The molecule has 3 heteroatoms. The molecule has 0 radical (unpaired) electrons. The Labute approximate surface area is 114 Å². The predicted octanol–water partition coefficient (Wildman–Crippen LogP) is 2.87. The molecule has 1 aromatic carbocycles. The number of hydrogen-bond donors (Lipinski definition) is 0. The van der Waals surface area contributed by atoms with Gasteiger partial charge < -0.3 is 9.47 Å². The molecular weight excluding hydrogens is 240 g/mol. The number of hydrogen-bond acceptors (Lipinski definition) is 3. The highest BCUT2D eigenvalue weighted by Crippen LogP contribution is 2.26. The second-order valence-electron chi connectivity index (χ2n) is 5.00. The van der Waals surface area contributed by atoms with Gasteiger partial charge in [0.2, 0.25) is 0 Å². The molecule has 0 N–H and O–H groups in total. The van der Waals surface area contributed by atoms with Gasteiger partial charge in [-0.05, 0) is 31.2 Å². The van der Waals surface area contributed by atoms with E-state index in [-0.39, 0.29) is 5.92 Å². The van der Waals surface area contributed by atoms with Gasteiger partial charge in [0.25, 0.3) is 0 Å². The third-order valence-electron chi connectivity index (χ3n) is 3.69. The first kappa shape index (κ1) is 14.2. The molecule has 1 aliphatic rings. The van der Waals surface area contributed by atoms with Crippen molar-refractivity contribution in [3.05, 3.63) is 35.4 Å². The van der Waals surface area contributed by atoms with Crippen LogP contribution < -0.4 is 0 Å². The summed E-state index contributed by atoms with van der Waals surface area (Å²) in [6, 6.07) is 8.00. The largest absolute Gasteiger partial charge is 0.382 e. The van der Waals surface area contributed by atoms with Gasteiger partial charge in [-0.15, -0.1) is 0 Å². The highest BCUT2D eigenvalue weighted by atomic mass is 16.5. The molecule has 0 bridgehead atoms. The SMILES string of the molecule is COCCOCCC1CCCc2ccccc2C1=O. The standard InChI is InChI=1S/C16H22O3/c1-18-11-12-19-10-9-14-7-4-6-13-5-2-3-8-15(13)16(14)17/h2-3,5,8,14H,4,6-7,9-12H2,1H3. The molecule has 1 unspecified atom stereocenters. The van der Waals surface area contributed by atoms with E-state index in [4.69, 9.17) is 9.47 Å². The van der Waals surface area contributed by atoms with Crippen LogP contribution in [0.1, 0.15) is 35.2 Å². The van der Waals surface area contributed by atoms with Crippen LogP contribution in [0.5, 0.6) is 0 Å². The Bertz CT molecular complexity index is 414. The molecule has 1 atom stereocenters. The number of carbonyl (C=O) groups excluding carboxylic acids is 1. The zero-order valence-corrected chi connectivity index (χ0v) is 11.6. The third kappa shape index (κ3) is 3.88. The number of fused-ring (bicyclic) bond motifs is 1. The smallest absolute Gasteiger partial charge is 0.166 e. The summed E-state index contributed by atoms with van der Waals surface area (Å²) >= 11 is 0. The topological polar surface area (TPSA) is 35.5 Å². The summed E-state index contributed by atoms with van der Waals surface area (Å²) in [4.78, 5) is 12.5. The van der Waals surface area contributed by atoms with Crippen molar-refractivity contribution < 1.29 is 14.3 Å². The number of ether oxygens (including phenoxy) is 2. The maximum Gasteiger partial charge on any atom is 0.166 e. The van der Waals surface area contributed by atoms with Crippen molar-refractivity contribution in [2.24, 2.45) is 5.92 Å². The summed E-state index contributed by atoms with van der Waals surface area (Å²) in [5.41, 5.74) is 2.12. The van der Waals surface area contributed by atoms with Crippen LogP contribution in [-0.2, 0) is 15.9 Å². The van der Waals surface area contributed by atoms with E-state index >= 15 is 0 Å². The highest BCUT2D eigenvalue weighted by Gasteiger charge is 2.24. The van der Waals surface area contributed by atoms with E-state index in [1.165, 1.54) is 5.56 Å². The molecule has 0 amide bonds. The van der Waals surface area contributed by atoms with Crippen LogP contribution in [0.4, 0.5) is 0 Å². The second-order valence-corrected chi connectivity index (χ2v) is 5.00. The maximum atomic E-state index is 12.5. The first-order valence-corrected chi connectivity index (χ1v) is 7.01. The molecule has 3 nitrogen and oxygen atoms in total. The summed E-state index contributed by atoms with van der Waals surface area (Å²) in [5.74, 6) is 0.412. The summed E-state index contributed by atoms with van der Waals surface area (Å²) in [7, 11) is 1.66. The Morgan fingerprint density at radius 3 is 2.89 bits per heavy atom. The fourth-order valence-corrected chi connectivity index (χ4v) is 2.61. The van der Waals surface area contributed by atoms with Gasteiger partial charge in [0.1, 0.15) is 0 Å². The Balaban J connectivity index is 1.90. The average molecular weight is 262 g/mol. The minimum absolute atomic E-state index is 0.117. The molecule has 2 rings (SSSR count). The summed E-state index contributed by atoms with van der Waals surface area (Å²) < 4.78 is 10.4. The van der Waals surface area contributed by atoms with Crippen molar-refractivity contribution in [1.82, 2.24) is 0 Å². The van der Waals surface area contributed by atoms with Gasteiger partial charge in [0.05, 0.1) is 13.2 Å². The zero-order chi connectivity index (χ0) is 13.5. The van der Waals surface area contributed by atoms with Gasteiger partial charge in [0, 0.05) is 25.2 Å². The van der Waals surface area contributed by atoms with Crippen LogP contribution in [-0.4, -0.2) is 32.7 Å². The number of methoxy groups -OCH3 is 1. The molecule has 1 aliphatic carbocycles. The quantitative estimate of drug-likeness (QED) is 0.584. The molecule has 0 aliphatic heterocycles. The summed E-state index contributed by atoms with van der Waals surface area (Å²) in [6.07, 6.45) is 3.90. The van der Waals surface area contributed by atoms with Crippen LogP contribution in [0.15, 0.2) is 24.3 Å². The lowest BCUT2D eigenvalue weighted by Crippen LogP contribution is -2.17. The molecule has 0 saturated carbocycles. The van der Waals surface area contributed by atoms with E-state index in [1.54, 1.807) is 7.11 Å². The number of aryl methyl sites for hydroxylation is 1. The Morgan fingerprint density at radius 1 is 1.21 bits per heavy atom. The molecule has 0 saturated heterocycles. The van der Waals surface area contributed by atoms with Gasteiger partial charge in [-0.3, -0.25) is 4.79 Å². The molecule has 104 valence electrons. The van der Waals surface area contributed by atoms with E-state index in [1.807, 2.05) is 18.2 Å². The molecule has 0 heterocycles. The Hall–Kier alpha value is -1.19. The normalized spacial score (nSPS) is 19.0. The lowest BCUT2D eigenvalue weighted by molar-refractivity contribution is 0.0597. The van der Waals surface area contributed by atoms with Crippen molar-refractivity contribution in [1.29, 1.82) is 0 Å². The van der Waals surface area contributed by atoms with Gasteiger partial charge in [-0.25, -0.2) is 0 Å². The molecule has 1 aromatic rings. The molecule has 0 spiro atoms. The molecular formula is C16H22O3. The van der Waals surface area contributed by atoms with E-state index < -0.39 is 0 Å². The first-order valence-electron chi connectivity index (χ1n) is 7.01. The van der Waals surface area contributed by atoms with Gasteiger partial charge in [0.15, 0.2) is 5.78 Å². The minimum atomic E-state index is 0.117. The van der Waals surface area contributed by atoms with Crippen LogP contribution in [0.25, 0.3) is 0 Å². The number of rotatable bonds is 6. The van der Waals surface area contributed by atoms with E-state index in [0.717, 1.165) is 31.2 Å². The number of carbonyl (C=O) groups is 1. The fraction of sp³-hybridized carbons (Fsp3) is 0.562. The van der Waals surface area contributed by atoms with Crippen LogP contribution in [0.3, 0.4) is 0 Å². The van der Waals surface area contributed by atoms with E-state index in [9.17, 15) is 4.79 Å². The van der Waals surface area contributed by atoms with Gasteiger partial charge in [-0.1, -0.05) is 24.3 Å². The number of Topliss-reactive ketones (excluding diaryl/α,β-unsaturated/α-hetero) is 1. The van der Waals surface area contributed by atoms with Crippen molar-refractivity contribution in [3.8, 4) is 0 Å². The maximum absolute atomic E-state index is 12.5. The Kier molecular flexibility index (Phi) is 5.55. The van der Waals surface area contributed by atoms with Crippen LogP contribution >= 0.6 is 0 Å². The van der Waals surface area contributed by atoms with Crippen molar-refractivity contribution in [2.75, 3.05) is 26.9 Å². The lowest BCUT2D eigenvalue weighted by Gasteiger charge is -2.13. The monoisotopic (exact) mass is 262 g/mol. The number of ketones is 1. The first-order chi connectivity index (χ1) is 9.33. The van der Waals surface area contributed by atoms with Gasteiger partial charge >= 0.3 is 0 Å². The number of benzene rings is 1. The average Bonchev–Trinajstić information content (AvgIpc) is 2.59. The van der Waals surface area contributed by atoms with Crippen molar-refractivity contribution in [3.63, 3.8) is 0 Å². The van der Waals surface area contributed by atoms with Crippen LogP contribution in [0, 0.1) is 5.92 Å². The molecule has 19 heavy (non-hydrogen) atoms. The fourth-order valence-electron chi connectivity index (χ4n) is 2.61. The van der Waals surface area contributed by atoms with Crippen LogP contribution in [0.2, 0.25) is 0 Å². The second kappa shape index (κ2) is 7.41. The van der Waals surface area contributed by atoms with Gasteiger partial charge in [-0.2, -0.15) is 0 Å². The van der Waals surface area contributed by atoms with E-state index in [2.05, 4.69) is 6.07 Å².